The first-order valence-electron chi connectivity index (χ1n) is 8.18. The molecule has 1 unspecified atom stereocenters. The molecular weight excluding hydrogens is 398 g/mol. The van der Waals surface area contributed by atoms with Gasteiger partial charge in [-0.1, -0.05) is 18.2 Å². The van der Waals surface area contributed by atoms with Gasteiger partial charge < -0.3 is 10.1 Å². The van der Waals surface area contributed by atoms with Gasteiger partial charge in [-0.25, -0.2) is 4.68 Å². The van der Waals surface area contributed by atoms with E-state index in [1.165, 1.54) is 0 Å². The van der Waals surface area contributed by atoms with E-state index in [0.717, 1.165) is 17.1 Å². The van der Waals surface area contributed by atoms with Crippen LogP contribution in [0.1, 0.15) is 18.3 Å². The number of benzene rings is 1. The second-order valence-electron chi connectivity index (χ2n) is 5.94. The number of amides is 1. The van der Waals surface area contributed by atoms with E-state index in [9.17, 15) is 4.79 Å². The van der Waals surface area contributed by atoms with Crippen molar-refractivity contribution < 1.29 is 9.53 Å². The number of hydrogen-bond acceptors (Lipinski definition) is 4. The quantitative estimate of drug-likeness (QED) is 0.668. The maximum atomic E-state index is 12.3. The highest BCUT2D eigenvalue weighted by Gasteiger charge is 2.19. The Morgan fingerprint density at radius 2 is 2.04 bits per heavy atom. The number of carbonyl (C=O) groups is 1. The molecule has 0 saturated carbocycles. The highest BCUT2D eigenvalue weighted by atomic mass is 79.9. The van der Waals surface area contributed by atoms with Gasteiger partial charge in [0.15, 0.2) is 6.10 Å². The van der Waals surface area contributed by atoms with E-state index >= 15 is 0 Å². The predicted octanol–water partition coefficient (Wildman–Crippen LogP) is 2.76. The standard InChI is InChI=1S/C18H20BrN5O2/c1-12-9-14(21-23(12)3)10-20-17(25)13(2)26-18-16(19)11-24(22-18)15-7-5-4-6-8-15/h4-9,11,13H,10H2,1-3H3,(H,20,25). The lowest BCUT2D eigenvalue weighted by Crippen LogP contribution is -2.36. The largest absolute Gasteiger partial charge is 0.463 e. The van der Waals surface area contributed by atoms with Crippen molar-refractivity contribution in [3.05, 3.63) is 58.5 Å². The minimum Gasteiger partial charge on any atom is -0.463 e. The van der Waals surface area contributed by atoms with Crippen molar-refractivity contribution in [3.63, 3.8) is 0 Å². The zero-order valence-electron chi connectivity index (χ0n) is 14.8. The van der Waals surface area contributed by atoms with Crippen LogP contribution in [0.2, 0.25) is 0 Å². The average molecular weight is 418 g/mol. The number of carbonyl (C=O) groups excluding carboxylic acids is 1. The van der Waals surface area contributed by atoms with Gasteiger partial charge in [-0.3, -0.25) is 9.48 Å². The van der Waals surface area contributed by atoms with Crippen molar-refractivity contribution in [1.82, 2.24) is 24.9 Å². The van der Waals surface area contributed by atoms with Crippen LogP contribution in [0.15, 0.2) is 47.1 Å². The molecule has 0 aliphatic carbocycles. The van der Waals surface area contributed by atoms with Crippen molar-refractivity contribution >= 4 is 21.8 Å². The van der Waals surface area contributed by atoms with Gasteiger partial charge in [0.1, 0.15) is 0 Å². The first kappa shape index (κ1) is 18.2. The SMILES string of the molecule is Cc1cc(CNC(=O)C(C)Oc2nn(-c3ccccc3)cc2Br)nn1C. The molecule has 0 bridgehead atoms. The molecule has 2 heterocycles. The molecule has 1 atom stereocenters. The Morgan fingerprint density at radius 3 is 2.69 bits per heavy atom. The van der Waals surface area contributed by atoms with Crippen molar-refractivity contribution in [1.29, 1.82) is 0 Å². The van der Waals surface area contributed by atoms with Gasteiger partial charge in [0, 0.05) is 18.9 Å². The van der Waals surface area contributed by atoms with E-state index in [1.807, 2.05) is 50.4 Å². The molecule has 26 heavy (non-hydrogen) atoms. The molecule has 3 rings (SSSR count). The number of nitrogens with zero attached hydrogens (tertiary/aromatic N) is 4. The van der Waals surface area contributed by atoms with E-state index < -0.39 is 6.10 Å². The number of nitrogens with one attached hydrogen (secondary N) is 1. The lowest BCUT2D eigenvalue weighted by Gasteiger charge is -2.12. The predicted molar refractivity (Wildman–Crippen MR) is 101 cm³/mol. The van der Waals surface area contributed by atoms with Crippen molar-refractivity contribution in [3.8, 4) is 11.6 Å². The maximum Gasteiger partial charge on any atom is 0.261 e. The summed E-state index contributed by atoms with van der Waals surface area (Å²) < 4.78 is 9.86. The highest BCUT2D eigenvalue weighted by Crippen LogP contribution is 2.25. The molecule has 0 fully saturated rings. The molecule has 136 valence electrons. The van der Waals surface area contributed by atoms with Crippen LogP contribution in [0.25, 0.3) is 5.69 Å². The van der Waals surface area contributed by atoms with Crippen molar-refractivity contribution in [2.45, 2.75) is 26.5 Å². The van der Waals surface area contributed by atoms with Crippen LogP contribution in [-0.2, 0) is 18.4 Å². The van der Waals surface area contributed by atoms with Gasteiger partial charge in [0.25, 0.3) is 5.91 Å². The zero-order valence-corrected chi connectivity index (χ0v) is 16.4. The van der Waals surface area contributed by atoms with Gasteiger partial charge in [-0.2, -0.15) is 5.10 Å². The van der Waals surface area contributed by atoms with E-state index in [0.29, 0.717) is 16.9 Å². The topological polar surface area (TPSA) is 74.0 Å². The summed E-state index contributed by atoms with van der Waals surface area (Å²) in [5, 5.41) is 11.5. The van der Waals surface area contributed by atoms with E-state index in [2.05, 4.69) is 31.4 Å². The first-order chi connectivity index (χ1) is 12.4. The molecule has 0 spiro atoms. The van der Waals surface area contributed by atoms with Crippen LogP contribution < -0.4 is 10.1 Å². The summed E-state index contributed by atoms with van der Waals surface area (Å²) in [5.41, 5.74) is 2.75. The second kappa shape index (κ2) is 7.74. The number of hydrogen-bond donors (Lipinski definition) is 1. The summed E-state index contributed by atoms with van der Waals surface area (Å²) in [6.45, 7) is 4.01. The minimum atomic E-state index is -0.685. The van der Waals surface area contributed by atoms with E-state index in [4.69, 9.17) is 4.74 Å². The fraction of sp³-hybridized carbons (Fsp3) is 0.278. The molecule has 0 aliphatic heterocycles. The molecule has 3 aromatic rings. The molecule has 1 aromatic carbocycles. The third-order valence-electron chi connectivity index (χ3n) is 3.92. The Morgan fingerprint density at radius 1 is 1.31 bits per heavy atom. The Bertz CT molecular complexity index is 884. The van der Waals surface area contributed by atoms with Crippen molar-refractivity contribution in [2.24, 2.45) is 7.05 Å². The van der Waals surface area contributed by atoms with Crippen molar-refractivity contribution in [2.75, 3.05) is 0 Å². The van der Waals surface area contributed by atoms with Crippen LogP contribution in [0, 0.1) is 6.92 Å². The Balaban J connectivity index is 1.61. The third-order valence-corrected chi connectivity index (χ3v) is 4.47. The smallest absolute Gasteiger partial charge is 0.261 e. The molecule has 0 radical (unpaired) electrons. The molecule has 0 saturated heterocycles. The fourth-order valence-corrected chi connectivity index (χ4v) is 2.76. The number of halogens is 1. The zero-order chi connectivity index (χ0) is 18.7. The molecule has 8 heteroatoms. The number of ether oxygens (including phenoxy) is 1. The van der Waals surface area contributed by atoms with Gasteiger partial charge in [-0.05, 0) is 48.0 Å². The Labute approximate surface area is 160 Å². The molecule has 1 amide bonds. The summed E-state index contributed by atoms with van der Waals surface area (Å²) in [7, 11) is 1.87. The van der Waals surface area contributed by atoms with Crippen LogP contribution in [0.3, 0.4) is 0 Å². The summed E-state index contributed by atoms with van der Waals surface area (Å²) in [5.74, 6) is 0.139. The highest BCUT2D eigenvalue weighted by molar-refractivity contribution is 9.10. The number of rotatable bonds is 6. The number of para-hydroxylation sites is 1. The molecule has 0 aliphatic rings. The Kier molecular flexibility index (Phi) is 5.41. The summed E-state index contributed by atoms with van der Waals surface area (Å²) in [4.78, 5) is 12.3. The van der Waals surface area contributed by atoms with Crippen LogP contribution >= 0.6 is 15.9 Å². The van der Waals surface area contributed by atoms with E-state index in [-0.39, 0.29) is 5.91 Å². The Hall–Kier alpha value is -2.61. The molecule has 1 N–H and O–H groups in total. The summed E-state index contributed by atoms with van der Waals surface area (Å²) >= 11 is 3.43. The molecular formula is C18H20BrN5O2. The first-order valence-corrected chi connectivity index (χ1v) is 8.98. The molecule has 2 aromatic heterocycles. The van der Waals surface area contributed by atoms with Gasteiger partial charge in [0.05, 0.1) is 22.4 Å². The second-order valence-corrected chi connectivity index (χ2v) is 6.80. The van der Waals surface area contributed by atoms with Crippen LogP contribution in [0.5, 0.6) is 5.88 Å². The minimum absolute atomic E-state index is 0.227. The normalized spacial score (nSPS) is 12.0. The fourth-order valence-electron chi connectivity index (χ4n) is 2.39. The lowest BCUT2D eigenvalue weighted by molar-refractivity contribution is -0.127. The van der Waals surface area contributed by atoms with Gasteiger partial charge >= 0.3 is 0 Å². The van der Waals surface area contributed by atoms with Gasteiger partial charge in [-0.15, -0.1) is 5.10 Å². The number of aromatic nitrogens is 4. The summed E-state index contributed by atoms with van der Waals surface area (Å²) in [6, 6.07) is 11.6. The van der Waals surface area contributed by atoms with E-state index in [1.54, 1.807) is 22.5 Å². The summed E-state index contributed by atoms with van der Waals surface area (Å²) in [6.07, 6.45) is 1.11. The third kappa shape index (κ3) is 4.13. The maximum absolute atomic E-state index is 12.3. The lowest BCUT2D eigenvalue weighted by atomic mass is 10.3. The van der Waals surface area contributed by atoms with Crippen LogP contribution in [-0.4, -0.2) is 31.6 Å². The van der Waals surface area contributed by atoms with Gasteiger partial charge in [0.2, 0.25) is 5.88 Å². The monoisotopic (exact) mass is 417 g/mol. The van der Waals surface area contributed by atoms with Crippen LogP contribution in [0.4, 0.5) is 0 Å². The molecule has 7 nitrogen and oxygen atoms in total. The average Bonchev–Trinajstić information content (AvgIpc) is 3.16. The number of aryl methyl sites for hydroxylation is 2.